The van der Waals surface area contributed by atoms with Crippen molar-refractivity contribution in [1.82, 2.24) is 5.32 Å². The SMILES string of the molecule is CCOC(=O)C1=C(NC=O)CCCC1. The maximum atomic E-state index is 11.4. The molecule has 0 radical (unpaired) electrons. The standard InChI is InChI=1S/C10H15NO3/c1-2-14-10(13)8-5-3-4-6-9(8)11-7-12/h7H,2-6H2,1H3,(H,11,12). The van der Waals surface area contributed by atoms with Crippen LogP contribution in [0.5, 0.6) is 0 Å². The van der Waals surface area contributed by atoms with E-state index >= 15 is 0 Å². The monoisotopic (exact) mass is 197 g/mol. The third-order valence-corrected chi connectivity index (χ3v) is 2.22. The van der Waals surface area contributed by atoms with E-state index in [9.17, 15) is 9.59 Å². The minimum Gasteiger partial charge on any atom is -0.463 e. The first kappa shape index (κ1) is 10.8. The number of allylic oxidation sites excluding steroid dienone is 1. The average Bonchev–Trinajstić information content (AvgIpc) is 2.19. The number of hydrogen-bond acceptors (Lipinski definition) is 3. The Morgan fingerprint density at radius 2 is 2.21 bits per heavy atom. The van der Waals surface area contributed by atoms with E-state index in [1.165, 1.54) is 0 Å². The van der Waals surface area contributed by atoms with Gasteiger partial charge in [0, 0.05) is 5.70 Å². The van der Waals surface area contributed by atoms with Gasteiger partial charge in [-0.2, -0.15) is 0 Å². The highest BCUT2D eigenvalue weighted by molar-refractivity contribution is 5.89. The van der Waals surface area contributed by atoms with Gasteiger partial charge in [0.1, 0.15) is 0 Å². The first-order valence-corrected chi connectivity index (χ1v) is 4.89. The fourth-order valence-electron chi connectivity index (χ4n) is 1.58. The number of carbonyl (C=O) groups excluding carboxylic acids is 2. The predicted octanol–water partition coefficient (Wildman–Crippen LogP) is 1.12. The van der Waals surface area contributed by atoms with Crippen LogP contribution in [0.4, 0.5) is 0 Å². The largest absolute Gasteiger partial charge is 0.463 e. The summed E-state index contributed by atoms with van der Waals surface area (Å²) < 4.78 is 4.91. The van der Waals surface area contributed by atoms with Crippen molar-refractivity contribution in [3.8, 4) is 0 Å². The van der Waals surface area contributed by atoms with Gasteiger partial charge in [-0.15, -0.1) is 0 Å². The summed E-state index contributed by atoms with van der Waals surface area (Å²) in [6, 6.07) is 0. The van der Waals surface area contributed by atoms with Gasteiger partial charge < -0.3 is 10.1 Å². The van der Waals surface area contributed by atoms with Crippen LogP contribution in [0.15, 0.2) is 11.3 Å². The highest BCUT2D eigenvalue weighted by Gasteiger charge is 2.19. The van der Waals surface area contributed by atoms with Gasteiger partial charge in [-0.3, -0.25) is 4.79 Å². The molecular weight excluding hydrogens is 182 g/mol. The van der Waals surface area contributed by atoms with Crippen LogP contribution in [0.2, 0.25) is 0 Å². The van der Waals surface area contributed by atoms with Crippen molar-refractivity contribution in [1.29, 1.82) is 0 Å². The first-order chi connectivity index (χ1) is 6.79. The Balaban J connectivity index is 2.76. The highest BCUT2D eigenvalue weighted by Crippen LogP contribution is 2.23. The van der Waals surface area contributed by atoms with Gasteiger partial charge in [-0.1, -0.05) is 0 Å². The average molecular weight is 197 g/mol. The van der Waals surface area contributed by atoms with E-state index in [0.717, 1.165) is 25.0 Å². The summed E-state index contributed by atoms with van der Waals surface area (Å²) in [5.41, 5.74) is 1.36. The van der Waals surface area contributed by atoms with Crippen LogP contribution >= 0.6 is 0 Å². The van der Waals surface area contributed by atoms with E-state index in [-0.39, 0.29) is 5.97 Å². The first-order valence-electron chi connectivity index (χ1n) is 4.89. The molecule has 0 atom stereocenters. The van der Waals surface area contributed by atoms with Crippen LogP contribution in [0.1, 0.15) is 32.6 Å². The van der Waals surface area contributed by atoms with Crippen molar-refractivity contribution in [2.75, 3.05) is 6.61 Å². The third kappa shape index (κ3) is 2.58. The Morgan fingerprint density at radius 3 is 2.86 bits per heavy atom. The van der Waals surface area contributed by atoms with E-state index in [2.05, 4.69) is 5.32 Å². The van der Waals surface area contributed by atoms with Crippen molar-refractivity contribution >= 4 is 12.4 Å². The van der Waals surface area contributed by atoms with Crippen LogP contribution in [0, 0.1) is 0 Å². The number of esters is 1. The van der Waals surface area contributed by atoms with Crippen molar-refractivity contribution in [3.63, 3.8) is 0 Å². The maximum absolute atomic E-state index is 11.4. The molecule has 0 aromatic heterocycles. The van der Waals surface area contributed by atoms with Crippen LogP contribution in [-0.4, -0.2) is 19.0 Å². The predicted molar refractivity (Wildman–Crippen MR) is 51.3 cm³/mol. The number of rotatable bonds is 4. The highest BCUT2D eigenvalue weighted by atomic mass is 16.5. The number of ether oxygens (including phenoxy) is 1. The molecule has 4 nitrogen and oxygen atoms in total. The third-order valence-electron chi connectivity index (χ3n) is 2.22. The minimum absolute atomic E-state index is 0.295. The summed E-state index contributed by atoms with van der Waals surface area (Å²) in [4.78, 5) is 21.7. The molecule has 0 unspecified atom stereocenters. The lowest BCUT2D eigenvalue weighted by atomic mass is 9.96. The van der Waals surface area contributed by atoms with Crippen molar-refractivity contribution in [3.05, 3.63) is 11.3 Å². The molecule has 1 aliphatic carbocycles. The Morgan fingerprint density at radius 1 is 1.50 bits per heavy atom. The summed E-state index contributed by atoms with van der Waals surface area (Å²) in [6.07, 6.45) is 4.07. The van der Waals surface area contributed by atoms with Crippen molar-refractivity contribution < 1.29 is 14.3 Å². The molecule has 0 aliphatic heterocycles. The molecule has 0 fully saturated rings. The molecule has 0 aromatic rings. The molecule has 1 amide bonds. The summed E-state index contributed by atoms with van der Waals surface area (Å²) in [5.74, 6) is -0.295. The summed E-state index contributed by atoms with van der Waals surface area (Å²) in [6.45, 7) is 2.14. The molecule has 0 saturated carbocycles. The van der Waals surface area contributed by atoms with Gasteiger partial charge >= 0.3 is 5.97 Å². The summed E-state index contributed by atoms with van der Waals surface area (Å²) >= 11 is 0. The second-order valence-corrected chi connectivity index (χ2v) is 3.15. The lowest BCUT2D eigenvalue weighted by Gasteiger charge is -2.17. The molecule has 78 valence electrons. The number of hydrogen-bond donors (Lipinski definition) is 1. The molecule has 0 saturated heterocycles. The normalized spacial score (nSPS) is 16.4. The summed E-state index contributed by atoms with van der Waals surface area (Å²) in [5, 5.41) is 2.57. The van der Waals surface area contributed by atoms with Crippen LogP contribution in [0.25, 0.3) is 0 Å². The minimum atomic E-state index is -0.295. The molecule has 0 aromatic carbocycles. The number of amides is 1. The zero-order valence-corrected chi connectivity index (χ0v) is 8.34. The molecule has 0 bridgehead atoms. The van der Waals surface area contributed by atoms with Gasteiger partial charge in [0.2, 0.25) is 6.41 Å². The van der Waals surface area contributed by atoms with E-state index in [4.69, 9.17) is 4.74 Å². The molecular formula is C10H15NO3. The topological polar surface area (TPSA) is 55.4 Å². The number of carbonyl (C=O) groups is 2. The van der Waals surface area contributed by atoms with Crippen LogP contribution in [-0.2, 0) is 14.3 Å². The molecule has 14 heavy (non-hydrogen) atoms. The second kappa shape index (κ2) is 5.42. The Hall–Kier alpha value is -1.32. The molecule has 4 heteroatoms. The Labute approximate surface area is 83.3 Å². The molecule has 1 aliphatic rings. The molecule has 0 heterocycles. The quantitative estimate of drug-likeness (QED) is 0.543. The lowest BCUT2D eigenvalue weighted by Crippen LogP contribution is -2.21. The fraction of sp³-hybridized carbons (Fsp3) is 0.600. The Bertz CT molecular complexity index is 258. The van der Waals surface area contributed by atoms with E-state index in [1.54, 1.807) is 6.92 Å². The van der Waals surface area contributed by atoms with Gasteiger partial charge in [-0.05, 0) is 32.6 Å². The van der Waals surface area contributed by atoms with Crippen LogP contribution < -0.4 is 5.32 Å². The van der Waals surface area contributed by atoms with Crippen LogP contribution in [0.3, 0.4) is 0 Å². The van der Waals surface area contributed by atoms with Gasteiger partial charge in [-0.25, -0.2) is 4.79 Å². The maximum Gasteiger partial charge on any atom is 0.335 e. The molecule has 1 rings (SSSR count). The van der Waals surface area contributed by atoms with E-state index in [0.29, 0.717) is 25.0 Å². The Kier molecular flexibility index (Phi) is 4.16. The number of nitrogens with one attached hydrogen (secondary N) is 1. The zero-order valence-electron chi connectivity index (χ0n) is 8.34. The molecule has 1 N–H and O–H groups in total. The lowest BCUT2D eigenvalue weighted by molar-refractivity contribution is -0.138. The van der Waals surface area contributed by atoms with Crippen molar-refractivity contribution in [2.45, 2.75) is 32.6 Å². The smallest absolute Gasteiger partial charge is 0.335 e. The molecule has 0 spiro atoms. The van der Waals surface area contributed by atoms with Gasteiger partial charge in [0.15, 0.2) is 0 Å². The second-order valence-electron chi connectivity index (χ2n) is 3.15. The fourth-order valence-corrected chi connectivity index (χ4v) is 1.58. The van der Waals surface area contributed by atoms with Gasteiger partial charge in [0.25, 0.3) is 0 Å². The van der Waals surface area contributed by atoms with E-state index < -0.39 is 0 Å². The zero-order chi connectivity index (χ0) is 10.4. The van der Waals surface area contributed by atoms with E-state index in [1.807, 2.05) is 0 Å². The summed E-state index contributed by atoms with van der Waals surface area (Å²) in [7, 11) is 0. The van der Waals surface area contributed by atoms with Gasteiger partial charge in [0.05, 0.1) is 12.2 Å². The van der Waals surface area contributed by atoms with Crippen molar-refractivity contribution in [2.24, 2.45) is 0 Å².